The molecule has 0 spiro atoms. The lowest BCUT2D eigenvalue weighted by Gasteiger charge is -2.06. The Labute approximate surface area is 159 Å². The van der Waals surface area contributed by atoms with Crippen molar-refractivity contribution in [1.29, 1.82) is 0 Å². The van der Waals surface area contributed by atoms with E-state index in [0.717, 1.165) is 16.2 Å². The Hall–Kier alpha value is -0.230. The Morgan fingerprint density at radius 1 is 1.14 bits per heavy atom. The lowest BCUT2D eigenvalue weighted by Crippen LogP contribution is -1.93. The first kappa shape index (κ1) is 18.1. The number of benzene rings is 1. The Bertz CT molecular complexity index is 740. The van der Waals surface area contributed by atoms with E-state index in [1.807, 2.05) is 6.07 Å². The van der Waals surface area contributed by atoms with Crippen molar-refractivity contribution in [3.05, 3.63) is 66.1 Å². The van der Waals surface area contributed by atoms with Gasteiger partial charge in [0.1, 0.15) is 0 Å². The van der Waals surface area contributed by atoms with Gasteiger partial charge in [-0.05, 0) is 23.6 Å². The highest BCUT2D eigenvalue weighted by Gasteiger charge is 2.15. The second-order valence-corrected chi connectivity index (χ2v) is 7.25. The van der Waals surface area contributed by atoms with Gasteiger partial charge in [-0.15, -0.1) is 0 Å². The normalized spacial score (nSPS) is 11.1. The third-order valence-electron chi connectivity index (χ3n) is 2.47. The SMILES string of the molecule is O=C(/C=C/Sc1c(Cl)c(Cl)nc(Cl)c1Cl)c1cccc(Br)c1. The van der Waals surface area contributed by atoms with E-state index in [1.165, 1.54) is 6.08 Å². The standard InChI is InChI=1S/C14H6BrCl4NOS/c15-8-3-1-2-7(6-8)9(21)4-5-22-12-10(16)13(18)20-14(19)11(12)17/h1-6H/b5-4+. The molecular weight excluding hydrogens is 452 g/mol. The molecule has 0 saturated heterocycles. The summed E-state index contributed by atoms with van der Waals surface area (Å²) in [6.45, 7) is 0. The number of allylic oxidation sites excluding steroid dienone is 1. The first-order valence-electron chi connectivity index (χ1n) is 5.73. The van der Waals surface area contributed by atoms with Gasteiger partial charge in [-0.2, -0.15) is 0 Å². The number of carbonyl (C=O) groups excluding carboxylic acids is 1. The molecule has 0 aliphatic heterocycles. The highest BCUT2D eigenvalue weighted by atomic mass is 79.9. The van der Waals surface area contributed by atoms with E-state index in [2.05, 4.69) is 20.9 Å². The van der Waals surface area contributed by atoms with Gasteiger partial charge in [0.2, 0.25) is 0 Å². The maximum absolute atomic E-state index is 12.0. The molecule has 2 rings (SSSR count). The Morgan fingerprint density at radius 3 is 2.36 bits per heavy atom. The van der Waals surface area contributed by atoms with Gasteiger partial charge in [-0.3, -0.25) is 4.79 Å². The van der Waals surface area contributed by atoms with E-state index in [0.29, 0.717) is 10.5 Å². The third kappa shape index (κ3) is 4.40. The van der Waals surface area contributed by atoms with Gasteiger partial charge < -0.3 is 0 Å². The summed E-state index contributed by atoms with van der Waals surface area (Å²) in [5, 5.41) is 2.08. The van der Waals surface area contributed by atoms with Crippen LogP contribution in [0.1, 0.15) is 10.4 Å². The minimum absolute atomic E-state index is 0.0604. The van der Waals surface area contributed by atoms with Crippen molar-refractivity contribution in [2.24, 2.45) is 0 Å². The molecule has 1 aromatic carbocycles. The van der Waals surface area contributed by atoms with Crippen molar-refractivity contribution in [2.75, 3.05) is 0 Å². The summed E-state index contributed by atoms with van der Waals surface area (Å²) >= 11 is 28.2. The van der Waals surface area contributed by atoms with Gasteiger partial charge in [0.25, 0.3) is 0 Å². The van der Waals surface area contributed by atoms with Crippen LogP contribution < -0.4 is 0 Å². The van der Waals surface area contributed by atoms with Crippen LogP contribution in [0.5, 0.6) is 0 Å². The van der Waals surface area contributed by atoms with Crippen LogP contribution in [0.4, 0.5) is 0 Å². The number of rotatable bonds is 4. The zero-order valence-corrected chi connectivity index (χ0v) is 16.0. The van der Waals surface area contributed by atoms with Crippen LogP contribution in [0.25, 0.3) is 0 Å². The van der Waals surface area contributed by atoms with E-state index in [4.69, 9.17) is 46.4 Å². The number of aromatic nitrogens is 1. The fourth-order valence-corrected chi connectivity index (χ4v) is 3.70. The number of ketones is 1. The molecule has 8 heteroatoms. The molecule has 2 aromatic rings. The van der Waals surface area contributed by atoms with Crippen molar-refractivity contribution in [2.45, 2.75) is 4.90 Å². The first-order chi connectivity index (χ1) is 10.4. The van der Waals surface area contributed by atoms with Crippen LogP contribution in [-0.4, -0.2) is 10.8 Å². The third-order valence-corrected chi connectivity index (χ3v) is 5.58. The molecule has 0 saturated carbocycles. The molecule has 1 heterocycles. The zero-order valence-electron chi connectivity index (χ0n) is 10.6. The van der Waals surface area contributed by atoms with Crippen LogP contribution in [0.15, 0.2) is 45.1 Å². The molecule has 0 bridgehead atoms. The molecule has 0 unspecified atom stereocenters. The van der Waals surface area contributed by atoms with Crippen LogP contribution in [0.2, 0.25) is 20.4 Å². The maximum Gasteiger partial charge on any atom is 0.186 e. The Balaban J connectivity index is 2.18. The van der Waals surface area contributed by atoms with Crippen molar-refractivity contribution in [3.63, 3.8) is 0 Å². The molecule has 0 aliphatic rings. The summed E-state index contributed by atoms with van der Waals surface area (Å²) < 4.78 is 0.832. The van der Waals surface area contributed by atoms with Crippen LogP contribution in [0.3, 0.4) is 0 Å². The molecule has 0 radical (unpaired) electrons. The smallest absolute Gasteiger partial charge is 0.186 e. The molecule has 114 valence electrons. The number of carbonyl (C=O) groups is 1. The molecule has 0 amide bonds. The van der Waals surface area contributed by atoms with E-state index in [-0.39, 0.29) is 26.1 Å². The van der Waals surface area contributed by atoms with Gasteiger partial charge in [-0.1, -0.05) is 86.2 Å². The van der Waals surface area contributed by atoms with E-state index in [9.17, 15) is 4.79 Å². The van der Waals surface area contributed by atoms with E-state index < -0.39 is 0 Å². The van der Waals surface area contributed by atoms with Crippen LogP contribution in [-0.2, 0) is 0 Å². The highest BCUT2D eigenvalue weighted by molar-refractivity contribution is 9.10. The van der Waals surface area contributed by atoms with Gasteiger partial charge in [0, 0.05) is 10.0 Å². The van der Waals surface area contributed by atoms with Gasteiger partial charge in [0.15, 0.2) is 16.1 Å². The lowest BCUT2D eigenvalue weighted by atomic mass is 10.1. The Morgan fingerprint density at radius 2 is 1.77 bits per heavy atom. The van der Waals surface area contributed by atoms with E-state index in [1.54, 1.807) is 23.6 Å². The molecule has 2 nitrogen and oxygen atoms in total. The summed E-state index contributed by atoms with van der Waals surface area (Å²) in [5.41, 5.74) is 0.564. The van der Waals surface area contributed by atoms with Crippen molar-refractivity contribution >= 4 is 79.9 Å². The summed E-state index contributed by atoms with van der Waals surface area (Å²) in [5.74, 6) is -0.146. The highest BCUT2D eigenvalue weighted by Crippen LogP contribution is 2.41. The summed E-state index contributed by atoms with van der Waals surface area (Å²) in [7, 11) is 0. The van der Waals surface area contributed by atoms with Gasteiger partial charge in [0.05, 0.1) is 14.9 Å². The topological polar surface area (TPSA) is 30.0 Å². The minimum Gasteiger partial charge on any atom is -0.289 e. The number of pyridine rings is 1. The van der Waals surface area contributed by atoms with Crippen molar-refractivity contribution in [1.82, 2.24) is 4.98 Å². The molecule has 0 aliphatic carbocycles. The molecule has 0 N–H and O–H groups in total. The summed E-state index contributed by atoms with van der Waals surface area (Å²) in [6.07, 6.45) is 1.42. The maximum atomic E-state index is 12.0. The number of thioether (sulfide) groups is 1. The van der Waals surface area contributed by atoms with Crippen molar-refractivity contribution in [3.8, 4) is 0 Å². The van der Waals surface area contributed by atoms with Gasteiger partial charge in [-0.25, -0.2) is 4.98 Å². The average Bonchev–Trinajstić information content (AvgIpc) is 2.48. The molecular formula is C14H6BrCl4NOS. The lowest BCUT2D eigenvalue weighted by molar-refractivity contribution is 0.104. The predicted octanol–water partition coefficient (Wildman–Crippen LogP) is 6.95. The number of hydrogen-bond donors (Lipinski definition) is 0. The summed E-state index contributed by atoms with van der Waals surface area (Å²) in [6, 6.07) is 7.09. The molecule has 1 aromatic heterocycles. The van der Waals surface area contributed by atoms with Crippen LogP contribution >= 0.6 is 74.1 Å². The van der Waals surface area contributed by atoms with Crippen LogP contribution in [0, 0.1) is 0 Å². The molecule has 22 heavy (non-hydrogen) atoms. The largest absolute Gasteiger partial charge is 0.289 e. The number of halogens is 5. The fourth-order valence-electron chi connectivity index (χ4n) is 1.47. The Kier molecular flexibility index (Phi) is 6.62. The average molecular weight is 458 g/mol. The second kappa shape index (κ2) is 8.04. The predicted molar refractivity (Wildman–Crippen MR) is 97.7 cm³/mol. The quantitative estimate of drug-likeness (QED) is 0.215. The van der Waals surface area contributed by atoms with Gasteiger partial charge >= 0.3 is 0 Å². The van der Waals surface area contributed by atoms with E-state index >= 15 is 0 Å². The molecule has 0 atom stereocenters. The molecule has 0 fully saturated rings. The second-order valence-electron chi connectivity index (χ2n) is 3.95. The fraction of sp³-hybridized carbons (Fsp3) is 0. The van der Waals surface area contributed by atoms with Crippen molar-refractivity contribution < 1.29 is 4.79 Å². The number of nitrogens with zero attached hydrogens (tertiary/aromatic N) is 1. The number of hydrogen-bond acceptors (Lipinski definition) is 3. The summed E-state index contributed by atoms with van der Waals surface area (Å²) in [4.78, 5) is 16.3. The zero-order chi connectivity index (χ0) is 16.3. The minimum atomic E-state index is -0.146. The first-order valence-corrected chi connectivity index (χ1v) is 8.91. The monoisotopic (exact) mass is 455 g/mol.